The van der Waals surface area contributed by atoms with Crippen LogP contribution in [-0.4, -0.2) is 36.0 Å². The molecule has 0 saturated carbocycles. The van der Waals surface area contributed by atoms with Crippen molar-refractivity contribution in [2.75, 3.05) is 13.1 Å². The van der Waals surface area contributed by atoms with Gasteiger partial charge in [-0.15, -0.1) is 0 Å². The molecule has 5 nitrogen and oxygen atoms in total. The molecule has 0 radical (unpaired) electrons. The van der Waals surface area contributed by atoms with Gasteiger partial charge in [0.15, 0.2) is 0 Å². The van der Waals surface area contributed by atoms with Crippen molar-refractivity contribution in [2.24, 2.45) is 11.0 Å². The number of amides is 2. The second kappa shape index (κ2) is 8.63. The average molecular weight is 370 g/mol. The molecule has 0 aromatic heterocycles. The highest BCUT2D eigenvalue weighted by Gasteiger charge is 2.28. The third kappa shape index (κ3) is 4.49. The number of hydrogen-bond acceptors (Lipinski definition) is 3. The van der Waals surface area contributed by atoms with Gasteiger partial charge in [0.25, 0.3) is 5.91 Å². The molecule has 0 aliphatic carbocycles. The minimum absolute atomic E-state index is 0.0865. The molecular weight excluding hydrogens is 350 g/mol. The molecular formula is C20H20ClN3O2. The summed E-state index contributed by atoms with van der Waals surface area (Å²) in [7, 11) is 0. The lowest BCUT2D eigenvalue weighted by atomic mass is 9.95. The maximum absolute atomic E-state index is 12.5. The molecule has 0 unspecified atom stereocenters. The molecule has 134 valence electrons. The molecule has 3 rings (SSSR count). The van der Waals surface area contributed by atoms with Crippen molar-refractivity contribution in [1.82, 2.24) is 10.3 Å². The number of benzene rings is 2. The van der Waals surface area contributed by atoms with Crippen molar-refractivity contribution in [1.29, 1.82) is 0 Å². The van der Waals surface area contributed by atoms with Crippen molar-refractivity contribution >= 4 is 29.6 Å². The Morgan fingerprint density at radius 2 is 1.69 bits per heavy atom. The zero-order chi connectivity index (χ0) is 18.4. The lowest BCUT2D eigenvalue weighted by Gasteiger charge is -2.31. The SMILES string of the molecule is O=C(N/N=C\c1ccccc1)C1CCN(C(=O)c2ccccc2Cl)CC1. The Kier molecular flexibility index (Phi) is 6.02. The number of hydrogen-bond donors (Lipinski definition) is 1. The van der Waals surface area contributed by atoms with Crippen LogP contribution < -0.4 is 5.43 Å². The fourth-order valence-electron chi connectivity index (χ4n) is 2.95. The molecule has 1 aliphatic rings. The monoisotopic (exact) mass is 369 g/mol. The fraction of sp³-hybridized carbons (Fsp3) is 0.250. The molecule has 1 saturated heterocycles. The van der Waals surface area contributed by atoms with Gasteiger partial charge in [-0.2, -0.15) is 5.10 Å². The maximum atomic E-state index is 12.5. The van der Waals surface area contributed by atoms with Crippen LogP contribution in [-0.2, 0) is 4.79 Å². The number of halogens is 1. The summed E-state index contributed by atoms with van der Waals surface area (Å²) in [4.78, 5) is 26.5. The Hall–Kier alpha value is -2.66. The smallest absolute Gasteiger partial charge is 0.255 e. The first kappa shape index (κ1) is 18.1. The molecule has 0 spiro atoms. The van der Waals surface area contributed by atoms with E-state index in [0.717, 1.165) is 5.56 Å². The highest BCUT2D eigenvalue weighted by molar-refractivity contribution is 6.33. The van der Waals surface area contributed by atoms with Crippen molar-refractivity contribution in [3.05, 3.63) is 70.7 Å². The highest BCUT2D eigenvalue weighted by Crippen LogP contribution is 2.22. The molecule has 2 aromatic rings. The third-order valence-corrected chi connectivity index (χ3v) is 4.77. The van der Waals surface area contributed by atoms with E-state index in [-0.39, 0.29) is 17.7 Å². The number of likely N-dealkylation sites (tertiary alicyclic amines) is 1. The predicted molar refractivity (Wildman–Crippen MR) is 102 cm³/mol. The standard InChI is InChI=1S/C20H20ClN3O2/c21-18-9-5-4-8-17(18)20(26)24-12-10-16(11-13-24)19(25)23-22-14-15-6-2-1-3-7-15/h1-9,14,16H,10-13H2,(H,23,25)/b22-14-. The van der Waals surface area contributed by atoms with Gasteiger partial charge in [-0.25, -0.2) is 5.43 Å². The van der Waals surface area contributed by atoms with E-state index in [4.69, 9.17) is 11.6 Å². The van der Waals surface area contributed by atoms with Gasteiger partial charge in [0.2, 0.25) is 5.91 Å². The molecule has 1 aliphatic heterocycles. The number of hydrazone groups is 1. The lowest BCUT2D eigenvalue weighted by molar-refractivity contribution is -0.126. The van der Waals surface area contributed by atoms with Crippen LogP contribution in [0.25, 0.3) is 0 Å². The van der Waals surface area contributed by atoms with E-state index < -0.39 is 0 Å². The van der Waals surface area contributed by atoms with E-state index >= 15 is 0 Å². The molecule has 0 bridgehead atoms. The second-order valence-electron chi connectivity index (χ2n) is 6.19. The third-order valence-electron chi connectivity index (χ3n) is 4.45. The normalized spacial score (nSPS) is 15.2. The summed E-state index contributed by atoms with van der Waals surface area (Å²) >= 11 is 6.10. The summed E-state index contributed by atoms with van der Waals surface area (Å²) in [6.45, 7) is 1.06. The van der Waals surface area contributed by atoms with Crippen molar-refractivity contribution in [3.8, 4) is 0 Å². The predicted octanol–water partition coefficient (Wildman–Crippen LogP) is 3.34. The molecule has 1 heterocycles. The number of rotatable bonds is 4. The van der Waals surface area contributed by atoms with E-state index in [1.54, 1.807) is 35.4 Å². The molecule has 6 heteroatoms. The molecule has 1 fully saturated rings. The van der Waals surface area contributed by atoms with Crippen LogP contribution in [0.15, 0.2) is 59.7 Å². The van der Waals surface area contributed by atoms with Gasteiger partial charge >= 0.3 is 0 Å². The number of carbonyl (C=O) groups is 2. The van der Waals surface area contributed by atoms with Gasteiger partial charge in [0, 0.05) is 19.0 Å². The van der Waals surface area contributed by atoms with Crippen LogP contribution in [0.2, 0.25) is 5.02 Å². The van der Waals surface area contributed by atoms with Crippen molar-refractivity contribution in [3.63, 3.8) is 0 Å². The summed E-state index contributed by atoms with van der Waals surface area (Å²) < 4.78 is 0. The molecule has 26 heavy (non-hydrogen) atoms. The molecule has 1 N–H and O–H groups in total. The Balaban J connectivity index is 1.50. The van der Waals surface area contributed by atoms with Gasteiger partial charge in [-0.3, -0.25) is 9.59 Å². The summed E-state index contributed by atoms with van der Waals surface area (Å²) in [6.07, 6.45) is 2.85. The van der Waals surface area contributed by atoms with Crippen LogP contribution in [0.4, 0.5) is 0 Å². The van der Waals surface area contributed by atoms with E-state index in [2.05, 4.69) is 10.5 Å². The Morgan fingerprint density at radius 3 is 2.38 bits per heavy atom. The fourth-order valence-corrected chi connectivity index (χ4v) is 3.17. The van der Waals surface area contributed by atoms with Gasteiger partial charge in [0.1, 0.15) is 0 Å². The zero-order valence-electron chi connectivity index (χ0n) is 14.3. The Morgan fingerprint density at radius 1 is 1.04 bits per heavy atom. The average Bonchev–Trinajstić information content (AvgIpc) is 2.69. The Bertz CT molecular complexity index is 800. The Labute approximate surface area is 157 Å². The van der Waals surface area contributed by atoms with Gasteiger partial charge in [-0.05, 0) is 30.5 Å². The number of carbonyl (C=O) groups excluding carboxylic acids is 2. The van der Waals surface area contributed by atoms with Crippen LogP contribution in [0, 0.1) is 5.92 Å². The summed E-state index contributed by atoms with van der Waals surface area (Å²) in [5, 5.41) is 4.46. The van der Waals surface area contributed by atoms with Crippen LogP contribution in [0.3, 0.4) is 0 Å². The van der Waals surface area contributed by atoms with Gasteiger partial charge in [0.05, 0.1) is 16.8 Å². The zero-order valence-corrected chi connectivity index (χ0v) is 15.0. The summed E-state index contributed by atoms with van der Waals surface area (Å²) in [6, 6.07) is 16.6. The summed E-state index contributed by atoms with van der Waals surface area (Å²) in [5.74, 6) is -0.336. The molecule has 0 atom stereocenters. The van der Waals surface area contributed by atoms with E-state index in [0.29, 0.717) is 36.5 Å². The minimum atomic E-state index is -0.141. The van der Waals surface area contributed by atoms with Crippen LogP contribution >= 0.6 is 11.6 Å². The summed E-state index contributed by atoms with van der Waals surface area (Å²) in [5.41, 5.74) is 4.02. The maximum Gasteiger partial charge on any atom is 0.255 e. The quantitative estimate of drug-likeness (QED) is 0.663. The van der Waals surface area contributed by atoms with E-state index in [9.17, 15) is 9.59 Å². The highest BCUT2D eigenvalue weighted by atomic mass is 35.5. The van der Waals surface area contributed by atoms with Crippen molar-refractivity contribution in [2.45, 2.75) is 12.8 Å². The van der Waals surface area contributed by atoms with E-state index in [1.807, 2.05) is 30.3 Å². The van der Waals surface area contributed by atoms with E-state index in [1.165, 1.54) is 0 Å². The minimum Gasteiger partial charge on any atom is -0.339 e. The topological polar surface area (TPSA) is 61.8 Å². The number of nitrogens with one attached hydrogen (secondary N) is 1. The first-order valence-electron chi connectivity index (χ1n) is 8.57. The van der Waals surface area contributed by atoms with Crippen molar-refractivity contribution < 1.29 is 9.59 Å². The molecule has 2 aromatic carbocycles. The number of nitrogens with zero attached hydrogens (tertiary/aromatic N) is 2. The lowest BCUT2D eigenvalue weighted by Crippen LogP contribution is -2.42. The first-order valence-corrected chi connectivity index (χ1v) is 8.94. The largest absolute Gasteiger partial charge is 0.339 e. The number of piperidine rings is 1. The first-order chi connectivity index (χ1) is 12.6. The van der Waals surface area contributed by atoms with Crippen LogP contribution in [0.5, 0.6) is 0 Å². The van der Waals surface area contributed by atoms with Crippen LogP contribution in [0.1, 0.15) is 28.8 Å². The van der Waals surface area contributed by atoms with Gasteiger partial charge < -0.3 is 4.90 Å². The molecule has 2 amide bonds. The van der Waals surface area contributed by atoms with Gasteiger partial charge in [-0.1, -0.05) is 54.1 Å². The second-order valence-corrected chi connectivity index (χ2v) is 6.60.